The minimum absolute atomic E-state index is 0.107. The van der Waals surface area contributed by atoms with Crippen molar-refractivity contribution in [1.82, 2.24) is 10.3 Å². The number of pyridine rings is 1. The first-order chi connectivity index (χ1) is 6.63. The van der Waals surface area contributed by atoms with Gasteiger partial charge in [-0.05, 0) is 19.9 Å². The third-order valence-corrected chi connectivity index (χ3v) is 1.59. The maximum atomic E-state index is 11.5. The molecule has 4 heteroatoms. The lowest BCUT2D eigenvalue weighted by molar-refractivity contribution is 0.0937. The monoisotopic (exact) mass is 194 g/mol. The molecule has 0 saturated heterocycles. The Balaban J connectivity index is 2.79. The van der Waals surface area contributed by atoms with Gasteiger partial charge in [-0.3, -0.25) is 4.79 Å². The largest absolute Gasteiger partial charge is 0.481 e. The van der Waals surface area contributed by atoms with E-state index in [1.807, 2.05) is 13.8 Å². The van der Waals surface area contributed by atoms with Crippen LogP contribution in [0.5, 0.6) is 5.88 Å². The summed E-state index contributed by atoms with van der Waals surface area (Å²) in [7, 11) is 1.52. The molecule has 0 atom stereocenters. The molecule has 0 spiro atoms. The average Bonchev–Trinajstić information content (AvgIpc) is 2.17. The van der Waals surface area contributed by atoms with Gasteiger partial charge in [0.25, 0.3) is 5.91 Å². The van der Waals surface area contributed by atoms with Crippen LogP contribution >= 0.6 is 0 Å². The Bertz CT molecular complexity index is 324. The first-order valence-electron chi connectivity index (χ1n) is 4.45. The number of ether oxygens (including phenoxy) is 1. The summed E-state index contributed by atoms with van der Waals surface area (Å²) in [6.07, 6.45) is 0. The number of methoxy groups -OCH3 is 1. The summed E-state index contributed by atoms with van der Waals surface area (Å²) in [6.45, 7) is 3.80. The minimum Gasteiger partial charge on any atom is -0.481 e. The summed E-state index contributed by atoms with van der Waals surface area (Å²) < 4.78 is 4.92. The van der Waals surface area contributed by atoms with Gasteiger partial charge in [0.05, 0.1) is 7.11 Å². The lowest BCUT2D eigenvalue weighted by atomic mass is 10.3. The number of hydrogen-bond acceptors (Lipinski definition) is 3. The Hall–Kier alpha value is -1.58. The minimum atomic E-state index is -0.182. The van der Waals surface area contributed by atoms with E-state index in [1.54, 1.807) is 18.2 Å². The van der Waals surface area contributed by atoms with Gasteiger partial charge < -0.3 is 10.1 Å². The van der Waals surface area contributed by atoms with Gasteiger partial charge in [-0.2, -0.15) is 0 Å². The van der Waals surface area contributed by atoms with E-state index in [1.165, 1.54) is 7.11 Å². The predicted octanol–water partition coefficient (Wildman–Crippen LogP) is 1.23. The van der Waals surface area contributed by atoms with Crippen LogP contribution in [0, 0.1) is 0 Å². The van der Waals surface area contributed by atoms with Crippen LogP contribution in [0.1, 0.15) is 24.3 Å². The summed E-state index contributed by atoms with van der Waals surface area (Å²) in [6, 6.07) is 5.20. The molecule has 0 unspecified atom stereocenters. The van der Waals surface area contributed by atoms with Crippen LogP contribution in [0.15, 0.2) is 18.2 Å². The van der Waals surface area contributed by atoms with Gasteiger partial charge in [0, 0.05) is 12.1 Å². The van der Waals surface area contributed by atoms with Crippen LogP contribution < -0.4 is 10.1 Å². The van der Waals surface area contributed by atoms with Crippen LogP contribution in [-0.2, 0) is 0 Å². The van der Waals surface area contributed by atoms with Crippen molar-refractivity contribution in [3.63, 3.8) is 0 Å². The highest BCUT2D eigenvalue weighted by atomic mass is 16.5. The highest BCUT2D eigenvalue weighted by molar-refractivity contribution is 5.92. The zero-order chi connectivity index (χ0) is 10.6. The maximum absolute atomic E-state index is 11.5. The van der Waals surface area contributed by atoms with Gasteiger partial charge in [0.2, 0.25) is 5.88 Å². The van der Waals surface area contributed by atoms with Gasteiger partial charge in [-0.15, -0.1) is 0 Å². The summed E-state index contributed by atoms with van der Waals surface area (Å²) in [4.78, 5) is 15.5. The van der Waals surface area contributed by atoms with E-state index >= 15 is 0 Å². The molecule has 0 aliphatic carbocycles. The normalized spacial score (nSPS) is 10.0. The number of carbonyl (C=O) groups excluding carboxylic acids is 1. The first kappa shape index (κ1) is 10.5. The van der Waals surface area contributed by atoms with Gasteiger partial charge in [-0.25, -0.2) is 4.98 Å². The van der Waals surface area contributed by atoms with Gasteiger partial charge in [0.15, 0.2) is 0 Å². The number of amides is 1. The lowest BCUT2D eigenvalue weighted by Crippen LogP contribution is -2.30. The second-order valence-electron chi connectivity index (χ2n) is 3.19. The van der Waals surface area contributed by atoms with Gasteiger partial charge >= 0.3 is 0 Å². The van der Waals surface area contributed by atoms with E-state index < -0.39 is 0 Å². The van der Waals surface area contributed by atoms with Crippen molar-refractivity contribution < 1.29 is 9.53 Å². The van der Waals surface area contributed by atoms with E-state index in [2.05, 4.69) is 10.3 Å². The van der Waals surface area contributed by atoms with Crippen molar-refractivity contribution >= 4 is 5.91 Å². The topological polar surface area (TPSA) is 51.2 Å². The number of rotatable bonds is 3. The second-order valence-corrected chi connectivity index (χ2v) is 3.19. The Labute approximate surface area is 83.3 Å². The molecule has 1 heterocycles. The lowest BCUT2D eigenvalue weighted by Gasteiger charge is -2.07. The van der Waals surface area contributed by atoms with E-state index in [4.69, 9.17) is 4.74 Å². The van der Waals surface area contributed by atoms with Crippen LogP contribution in [-0.4, -0.2) is 24.0 Å². The molecule has 1 aromatic heterocycles. The Kier molecular flexibility index (Phi) is 3.45. The number of carbonyl (C=O) groups is 1. The second kappa shape index (κ2) is 4.60. The zero-order valence-corrected chi connectivity index (χ0v) is 8.57. The number of nitrogens with one attached hydrogen (secondary N) is 1. The van der Waals surface area contributed by atoms with Crippen molar-refractivity contribution in [3.05, 3.63) is 23.9 Å². The van der Waals surface area contributed by atoms with E-state index in [0.29, 0.717) is 11.6 Å². The molecule has 1 amide bonds. The van der Waals surface area contributed by atoms with Gasteiger partial charge in [0.1, 0.15) is 5.69 Å². The smallest absolute Gasteiger partial charge is 0.270 e. The summed E-state index contributed by atoms with van der Waals surface area (Å²) in [5, 5.41) is 2.75. The van der Waals surface area contributed by atoms with Crippen molar-refractivity contribution in [2.24, 2.45) is 0 Å². The quantitative estimate of drug-likeness (QED) is 0.787. The van der Waals surface area contributed by atoms with Crippen molar-refractivity contribution in [3.8, 4) is 5.88 Å². The molecule has 14 heavy (non-hydrogen) atoms. The van der Waals surface area contributed by atoms with Crippen LogP contribution in [0.4, 0.5) is 0 Å². The molecular formula is C10H14N2O2. The highest BCUT2D eigenvalue weighted by Gasteiger charge is 2.08. The molecule has 0 aromatic carbocycles. The summed E-state index contributed by atoms with van der Waals surface area (Å²) >= 11 is 0. The SMILES string of the molecule is COc1cccc(C(=O)NC(C)C)n1. The van der Waals surface area contributed by atoms with Crippen LogP contribution in [0.3, 0.4) is 0 Å². The molecule has 0 bridgehead atoms. The molecule has 1 N–H and O–H groups in total. The molecule has 1 aromatic rings. The average molecular weight is 194 g/mol. The fraction of sp³-hybridized carbons (Fsp3) is 0.400. The third kappa shape index (κ3) is 2.73. The Morgan fingerprint density at radius 2 is 2.21 bits per heavy atom. The summed E-state index contributed by atoms with van der Waals surface area (Å²) in [5.74, 6) is 0.264. The van der Waals surface area contributed by atoms with Gasteiger partial charge in [-0.1, -0.05) is 6.07 Å². The molecule has 0 radical (unpaired) electrons. The molecule has 0 aliphatic rings. The standard InChI is InChI=1S/C10H14N2O2/c1-7(2)11-10(13)8-5-4-6-9(12-8)14-3/h4-7H,1-3H3,(H,11,13). The molecule has 1 rings (SSSR count). The number of hydrogen-bond donors (Lipinski definition) is 1. The highest BCUT2D eigenvalue weighted by Crippen LogP contribution is 2.06. The van der Waals surface area contributed by atoms with Crippen LogP contribution in [0.25, 0.3) is 0 Å². The molecule has 0 aliphatic heterocycles. The molecule has 0 saturated carbocycles. The maximum Gasteiger partial charge on any atom is 0.270 e. The van der Waals surface area contributed by atoms with Crippen molar-refractivity contribution in [2.45, 2.75) is 19.9 Å². The first-order valence-corrected chi connectivity index (χ1v) is 4.45. The zero-order valence-electron chi connectivity index (χ0n) is 8.57. The van der Waals surface area contributed by atoms with E-state index in [9.17, 15) is 4.79 Å². The molecule has 0 fully saturated rings. The fourth-order valence-electron chi connectivity index (χ4n) is 0.991. The van der Waals surface area contributed by atoms with Crippen LogP contribution in [0.2, 0.25) is 0 Å². The molecular weight excluding hydrogens is 180 g/mol. The van der Waals surface area contributed by atoms with Crippen molar-refractivity contribution in [1.29, 1.82) is 0 Å². The Morgan fingerprint density at radius 3 is 2.79 bits per heavy atom. The number of nitrogens with zero attached hydrogens (tertiary/aromatic N) is 1. The Morgan fingerprint density at radius 1 is 1.50 bits per heavy atom. The fourth-order valence-corrected chi connectivity index (χ4v) is 0.991. The third-order valence-electron chi connectivity index (χ3n) is 1.59. The predicted molar refractivity (Wildman–Crippen MR) is 53.4 cm³/mol. The summed E-state index contributed by atoms with van der Waals surface area (Å²) in [5.41, 5.74) is 0.373. The van der Waals surface area contributed by atoms with E-state index in [-0.39, 0.29) is 11.9 Å². The number of aromatic nitrogens is 1. The van der Waals surface area contributed by atoms with E-state index in [0.717, 1.165) is 0 Å². The van der Waals surface area contributed by atoms with Crippen molar-refractivity contribution in [2.75, 3.05) is 7.11 Å². The molecule has 4 nitrogen and oxygen atoms in total. The molecule has 76 valence electrons.